The molecular weight excluding hydrogens is 258 g/mol. The van der Waals surface area contributed by atoms with Gasteiger partial charge in [-0.25, -0.2) is 0 Å². The van der Waals surface area contributed by atoms with Crippen LogP contribution < -0.4 is 0 Å². The molecule has 1 aromatic rings. The van der Waals surface area contributed by atoms with Gasteiger partial charge in [0.25, 0.3) is 0 Å². The zero-order valence-corrected chi connectivity index (χ0v) is 12.3. The van der Waals surface area contributed by atoms with E-state index < -0.39 is 5.97 Å². The molecule has 104 valence electrons. The maximum Gasteiger partial charge on any atom is 0.307 e. The minimum atomic E-state index is -0.658. The lowest BCUT2D eigenvalue weighted by atomic mass is 9.95. The fourth-order valence-corrected chi connectivity index (χ4v) is 3.06. The highest BCUT2D eigenvalue weighted by atomic mass is 32.2. The fraction of sp³-hybridized carbons (Fsp3) is 0.533. The van der Waals surface area contributed by atoms with E-state index in [0.717, 1.165) is 19.4 Å². The van der Waals surface area contributed by atoms with E-state index in [9.17, 15) is 4.79 Å². The number of benzene rings is 1. The summed E-state index contributed by atoms with van der Waals surface area (Å²) in [5.74, 6) is -0.865. The molecule has 2 rings (SSSR count). The summed E-state index contributed by atoms with van der Waals surface area (Å²) >= 11 is 1.74. The third-order valence-electron chi connectivity index (χ3n) is 3.95. The number of carbonyl (C=O) groups is 1. The molecule has 1 N–H and O–H groups in total. The molecule has 0 aliphatic carbocycles. The topological polar surface area (TPSA) is 40.5 Å². The highest BCUT2D eigenvalue weighted by Crippen LogP contribution is 2.27. The second-order valence-corrected chi connectivity index (χ2v) is 6.00. The molecule has 1 saturated heterocycles. The number of hydrogen-bond donors (Lipinski definition) is 1. The van der Waals surface area contributed by atoms with Gasteiger partial charge in [-0.2, -0.15) is 0 Å². The summed E-state index contributed by atoms with van der Waals surface area (Å²) in [6.07, 6.45) is 3.86. The lowest BCUT2D eigenvalue weighted by Gasteiger charge is -2.35. The van der Waals surface area contributed by atoms with Gasteiger partial charge in [0.2, 0.25) is 0 Å². The number of likely N-dealkylation sites (tertiary alicyclic amines) is 1. The predicted molar refractivity (Wildman–Crippen MR) is 78.6 cm³/mol. The van der Waals surface area contributed by atoms with E-state index in [1.807, 2.05) is 0 Å². The molecule has 0 saturated carbocycles. The van der Waals surface area contributed by atoms with Crippen molar-refractivity contribution in [1.29, 1.82) is 0 Å². The predicted octanol–water partition coefficient (Wildman–Crippen LogP) is 3.27. The molecule has 1 aromatic carbocycles. The zero-order chi connectivity index (χ0) is 13.8. The number of thioether (sulfide) groups is 1. The van der Waals surface area contributed by atoms with E-state index in [-0.39, 0.29) is 12.0 Å². The largest absolute Gasteiger partial charge is 0.481 e. The van der Waals surface area contributed by atoms with Crippen LogP contribution in [0.15, 0.2) is 29.2 Å². The monoisotopic (exact) mass is 279 g/mol. The van der Waals surface area contributed by atoms with E-state index in [2.05, 4.69) is 42.3 Å². The van der Waals surface area contributed by atoms with E-state index in [0.29, 0.717) is 6.54 Å². The molecular formula is C15H21NO2S. The first-order valence-corrected chi connectivity index (χ1v) is 7.95. The van der Waals surface area contributed by atoms with Gasteiger partial charge in [0.1, 0.15) is 0 Å². The molecule has 4 heteroatoms. The zero-order valence-electron chi connectivity index (χ0n) is 11.5. The van der Waals surface area contributed by atoms with Crippen molar-refractivity contribution in [2.75, 3.05) is 19.3 Å². The number of carboxylic acids is 1. The summed E-state index contributed by atoms with van der Waals surface area (Å²) in [4.78, 5) is 14.7. The molecule has 0 amide bonds. The Morgan fingerprint density at radius 1 is 1.42 bits per heavy atom. The number of hydrogen-bond acceptors (Lipinski definition) is 3. The average Bonchev–Trinajstić information content (AvgIpc) is 2.46. The summed E-state index contributed by atoms with van der Waals surface area (Å²) in [5, 5.41) is 9.15. The summed E-state index contributed by atoms with van der Waals surface area (Å²) in [6, 6.07) is 8.87. The van der Waals surface area contributed by atoms with Crippen LogP contribution in [0, 0.1) is 5.92 Å². The molecule has 0 aromatic heterocycles. The van der Waals surface area contributed by atoms with Crippen molar-refractivity contribution in [2.24, 2.45) is 5.92 Å². The third-order valence-corrected chi connectivity index (χ3v) is 4.69. The molecule has 2 atom stereocenters. The van der Waals surface area contributed by atoms with Crippen LogP contribution in [0.5, 0.6) is 0 Å². The molecule has 3 nitrogen and oxygen atoms in total. The maximum absolute atomic E-state index is 11.1. The van der Waals surface area contributed by atoms with Gasteiger partial charge in [-0.05, 0) is 50.3 Å². The van der Waals surface area contributed by atoms with Gasteiger partial charge in [0.05, 0.1) is 5.92 Å². The number of rotatable bonds is 4. The van der Waals surface area contributed by atoms with Crippen molar-refractivity contribution < 1.29 is 9.90 Å². The normalized spacial score (nSPS) is 22.1. The molecule has 19 heavy (non-hydrogen) atoms. The Balaban J connectivity index is 2.05. The Kier molecular flexibility index (Phi) is 4.88. The molecule has 2 unspecified atom stereocenters. The van der Waals surface area contributed by atoms with Crippen molar-refractivity contribution in [1.82, 2.24) is 4.90 Å². The van der Waals surface area contributed by atoms with Crippen LogP contribution in [0.4, 0.5) is 0 Å². The summed E-state index contributed by atoms with van der Waals surface area (Å²) in [5.41, 5.74) is 1.27. The first-order chi connectivity index (χ1) is 9.11. The molecule has 1 aliphatic rings. The smallest absolute Gasteiger partial charge is 0.307 e. The second-order valence-electron chi connectivity index (χ2n) is 5.12. The fourth-order valence-electron chi connectivity index (χ4n) is 2.65. The molecule has 0 spiro atoms. The number of aliphatic carboxylic acids is 1. The highest BCUT2D eigenvalue weighted by Gasteiger charge is 2.28. The van der Waals surface area contributed by atoms with E-state index in [1.54, 1.807) is 11.8 Å². The van der Waals surface area contributed by atoms with Gasteiger partial charge in [-0.3, -0.25) is 9.69 Å². The van der Waals surface area contributed by atoms with Crippen molar-refractivity contribution in [3.8, 4) is 0 Å². The third kappa shape index (κ3) is 3.51. The Labute approximate surface area is 119 Å². The van der Waals surface area contributed by atoms with Crippen LogP contribution >= 0.6 is 11.8 Å². The van der Waals surface area contributed by atoms with E-state index >= 15 is 0 Å². The van der Waals surface area contributed by atoms with Crippen LogP contribution in [0.2, 0.25) is 0 Å². The average molecular weight is 279 g/mol. The Morgan fingerprint density at radius 3 is 2.68 bits per heavy atom. The summed E-state index contributed by atoms with van der Waals surface area (Å²) in [7, 11) is 0. The Morgan fingerprint density at radius 2 is 2.11 bits per heavy atom. The van der Waals surface area contributed by atoms with Gasteiger partial charge in [0.15, 0.2) is 0 Å². The molecule has 0 radical (unpaired) electrons. The first-order valence-electron chi connectivity index (χ1n) is 6.72. The van der Waals surface area contributed by atoms with Crippen molar-refractivity contribution in [3.05, 3.63) is 29.8 Å². The molecule has 1 heterocycles. The van der Waals surface area contributed by atoms with Crippen molar-refractivity contribution >= 4 is 17.7 Å². The lowest BCUT2D eigenvalue weighted by molar-refractivity contribution is -0.143. The molecule has 1 fully saturated rings. The number of nitrogens with zero attached hydrogens (tertiary/aromatic N) is 1. The minimum Gasteiger partial charge on any atom is -0.481 e. The van der Waals surface area contributed by atoms with Gasteiger partial charge in [-0.1, -0.05) is 12.1 Å². The van der Waals surface area contributed by atoms with Crippen LogP contribution in [0.25, 0.3) is 0 Å². The van der Waals surface area contributed by atoms with Crippen LogP contribution in [0.1, 0.15) is 31.4 Å². The van der Waals surface area contributed by atoms with Crippen LogP contribution in [-0.2, 0) is 4.79 Å². The Bertz CT molecular complexity index is 432. The van der Waals surface area contributed by atoms with Crippen LogP contribution in [-0.4, -0.2) is 35.3 Å². The standard InChI is InChI=1S/C15H21NO2S/c1-11(12-5-7-14(19-2)8-6-12)16-9-3-4-13(10-16)15(17)18/h5-8,11,13H,3-4,9-10H2,1-2H3,(H,17,18). The second kappa shape index (κ2) is 6.44. The first kappa shape index (κ1) is 14.4. The van der Waals surface area contributed by atoms with Gasteiger partial charge in [-0.15, -0.1) is 11.8 Å². The summed E-state index contributed by atoms with van der Waals surface area (Å²) in [6.45, 7) is 3.83. The van der Waals surface area contributed by atoms with E-state index in [1.165, 1.54) is 10.5 Å². The Hall–Kier alpha value is -1.00. The van der Waals surface area contributed by atoms with Gasteiger partial charge >= 0.3 is 5.97 Å². The van der Waals surface area contributed by atoms with Crippen molar-refractivity contribution in [3.63, 3.8) is 0 Å². The van der Waals surface area contributed by atoms with Gasteiger partial charge in [0, 0.05) is 17.5 Å². The quantitative estimate of drug-likeness (QED) is 0.859. The lowest BCUT2D eigenvalue weighted by Crippen LogP contribution is -2.40. The van der Waals surface area contributed by atoms with Gasteiger partial charge < -0.3 is 5.11 Å². The molecule has 0 bridgehead atoms. The summed E-state index contributed by atoms with van der Waals surface area (Å²) < 4.78 is 0. The SMILES string of the molecule is CSc1ccc(C(C)N2CCCC(C(=O)O)C2)cc1. The van der Waals surface area contributed by atoms with E-state index in [4.69, 9.17) is 5.11 Å². The minimum absolute atomic E-state index is 0.207. The number of carboxylic acid groups (broad SMARTS) is 1. The van der Waals surface area contributed by atoms with Crippen molar-refractivity contribution in [2.45, 2.75) is 30.7 Å². The number of piperidine rings is 1. The van der Waals surface area contributed by atoms with Crippen LogP contribution in [0.3, 0.4) is 0 Å². The maximum atomic E-state index is 11.1. The highest BCUT2D eigenvalue weighted by molar-refractivity contribution is 7.98. The molecule has 1 aliphatic heterocycles.